The van der Waals surface area contributed by atoms with E-state index in [2.05, 4.69) is 6.92 Å². The maximum absolute atomic E-state index is 12.9. The van der Waals surface area contributed by atoms with Crippen molar-refractivity contribution in [2.24, 2.45) is 0 Å². The number of carbonyl (C=O) groups excluding carboxylic acids is 1. The first-order valence-corrected chi connectivity index (χ1v) is 10.7. The van der Waals surface area contributed by atoms with Crippen molar-refractivity contribution in [2.75, 3.05) is 20.8 Å². The van der Waals surface area contributed by atoms with E-state index < -0.39 is 17.3 Å². The van der Waals surface area contributed by atoms with Gasteiger partial charge in [0.25, 0.3) is 0 Å². The van der Waals surface area contributed by atoms with Crippen LogP contribution in [0.3, 0.4) is 0 Å². The number of hydrogen-bond acceptors (Lipinski definition) is 5. The fraction of sp³-hybridized carbons (Fsp3) is 0.500. The second-order valence-electron chi connectivity index (χ2n) is 8.60. The quantitative estimate of drug-likeness (QED) is 0.410. The van der Waals surface area contributed by atoms with E-state index in [0.29, 0.717) is 17.9 Å². The van der Waals surface area contributed by atoms with Gasteiger partial charge in [0.1, 0.15) is 18.5 Å². The number of methoxy groups -OCH3 is 2. The molecule has 0 fully saturated rings. The molecular formula is C26H36O5. The molecule has 0 aliphatic heterocycles. The van der Waals surface area contributed by atoms with E-state index in [9.17, 15) is 4.79 Å². The van der Waals surface area contributed by atoms with Gasteiger partial charge in [0.05, 0.1) is 17.3 Å². The monoisotopic (exact) mass is 428 g/mol. The summed E-state index contributed by atoms with van der Waals surface area (Å²) in [6.07, 6.45) is 0.103. The molecule has 5 nitrogen and oxygen atoms in total. The van der Waals surface area contributed by atoms with E-state index in [1.54, 1.807) is 26.4 Å². The highest BCUT2D eigenvalue weighted by atomic mass is 16.6. The lowest BCUT2D eigenvalue weighted by atomic mass is 9.89. The summed E-state index contributed by atoms with van der Waals surface area (Å²) in [7, 11) is 3.24. The van der Waals surface area contributed by atoms with E-state index in [0.717, 1.165) is 12.0 Å². The lowest BCUT2D eigenvalue weighted by molar-refractivity contribution is -0.191. The van der Waals surface area contributed by atoms with Crippen LogP contribution >= 0.6 is 0 Å². The molecule has 0 aliphatic carbocycles. The van der Waals surface area contributed by atoms with Crippen LogP contribution in [-0.2, 0) is 14.2 Å². The Morgan fingerprint density at radius 2 is 1.52 bits per heavy atom. The summed E-state index contributed by atoms with van der Waals surface area (Å²) in [5.41, 5.74) is 0.502. The Balaban J connectivity index is 2.01. The van der Waals surface area contributed by atoms with Crippen molar-refractivity contribution >= 4 is 5.78 Å². The summed E-state index contributed by atoms with van der Waals surface area (Å²) < 4.78 is 23.3. The molecule has 0 heterocycles. The second kappa shape index (κ2) is 10.9. The van der Waals surface area contributed by atoms with Gasteiger partial charge in [0, 0.05) is 19.8 Å². The highest BCUT2D eigenvalue weighted by Crippen LogP contribution is 2.30. The molecule has 2 unspecified atom stereocenters. The van der Waals surface area contributed by atoms with Crippen LogP contribution in [0.2, 0.25) is 0 Å². The summed E-state index contributed by atoms with van der Waals surface area (Å²) in [4.78, 5) is 12.9. The normalized spacial score (nSPS) is 14.2. The SMILES string of the molecule is CCC(COc1ccc(C(=O)C(OC)c2ccccc2)cc1)OC(C)(C)C(C)(C)OC. The van der Waals surface area contributed by atoms with Crippen molar-refractivity contribution in [2.45, 2.75) is 64.4 Å². The molecular weight excluding hydrogens is 392 g/mol. The van der Waals surface area contributed by atoms with Gasteiger partial charge in [0.15, 0.2) is 5.78 Å². The van der Waals surface area contributed by atoms with Gasteiger partial charge in [-0.3, -0.25) is 4.79 Å². The Hall–Kier alpha value is -2.21. The number of ether oxygens (including phenoxy) is 4. The molecule has 0 aliphatic rings. The number of carbonyl (C=O) groups is 1. The minimum Gasteiger partial charge on any atom is -0.491 e. The highest BCUT2D eigenvalue weighted by Gasteiger charge is 2.40. The first-order valence-electron chi connectivity index (χ1n) is 10.7. The van der Waals surface area contributed by atoms with Crippen LogP contribution in [0.1, 0.15) is 63.1 Å². The van der Waals surface area contributed by atoms with Gasteiger partial charge in [0.2, 0.25) is 0 Å². The molecule has 170 valence electrons. The van der Waals surface area contributed by atoms with E-state index in [4.69, 9.17) is 18.9 Å². The minimum atomic E-state index is -0.628. The van der Waals surface area contributed by atoms with Crippen molar-refractivity contribution in [1.29, 1.82) is 0 Å². The van der Waals surface area contributed by atoms with Crippen LogP contribution in [0.4, 0.5) is 0 Å². The lowest BCUT2D eigenvalue weighted by Gasteiger charge is -2.42. The molecule has 31 heavy (non-hydrogen) atoms. The Kier molecular flexibility index (Phi) is 8.80. The first-order chi connectivity index (χ1) is 14.6. The number of ketones is 1. The van der Waals surface area contributed by atoms with Crippen LogP contribution in [0, 0.1) is 0 Å². The topological polar surface area (TPSA) is 54.0 Å². The van der Waals surface area contributed by atoms with E-state index in [1.807, 2.05) is 70.2 Å². The molecule has 2 aromatic carbocycles. The Bertz CT molecular complexity index is 811. The van der Waals surface area contributed by atoms with E-state index >= 15 is 0 Å². The first kappa shape index (κ1) is 25.1. The maximum Gasteiger partial charge on any atom is 0.196 e. The third-order valence-corrected chi connectivity index (χ3v) is 6.03. The van der Waals surface area contributed by atoms with E-state index in [1.165, 1.54) is 0 Å². The van der Waals surface area contributed by atoms with Crippen molar-refractivity contribution in [3.05, 3.63) is 65.7 Å². The molecule has 0 saturated heterocycles. The van der Waals surface area contributed by atoms with Crippen molar-refractivity contribution in [1.82, 2.24) is 0 Å². The third-order valence-electron chi connectivity index (χ3n) is 6.03. The van der Waals surface area contributed by atoms with Gasteiger partial charge in [-0.2, -0.15) is 0 Å². The van der Waals surface area contributed by atoms with Crippen LogP contribution in [0.15, 0.2) is 54.6 Å². The molecule has 0 radical (unpaired) electrons. The fourth-order valence-corrected chi connectivity index (χ4v) is 3.12. The molecule has 2 aromatic rings. The summed E-state index contributed by atoms with van der Waals surface area (Å²) in [5.74, 6) is 0.606. The van der Waals surface area contributed by atoms with Crippen LogP contribution in [0.25, 0.3) is 0 Å². The number of rotatable bonds is 12. The number of hydrogen-bond donors (Lipinski definition) is 0. The number of Topliss-reactive ketones (excluding diaryl/α,β-unsaturated/α-hetero) is 1. The summed E-state index contributed by atoms with van der Waals surface area (Å²) >= 11 is 0. The fourth-order valence-electron chi connectivity index (χ4n) is 3.12. The zero-order valence-corrected chi connectivity index (χ0v) is 19.8. The molecule has 0 amide bonds. The zero-order chi connectivity index (χ0) is 23.1. The molecule has 0 spiro atoms. The standard InChI is InChI=1S/C26H36O5/c1-8-21(31-26(4,5)25(2,3)29-7)18-30-22-16-14-19(15-17-22)23(27)24(28-6)20-12-10-9-11-13-20/h9-17,21,24H,8,18H2,1-7H3. The van der Waals surface area contributed by atoms with Gasteiger partial charge in [-0.1, -0.05) is 37.3 Å². The molecule has 2 rings (SSSR count). The molecule has 0 aromatic heterocycles. The lowest BCUT2D eigenvalue weighted by Crippen LogP contribution is -2.51. The molecule has 0 saturated carbocycles. The molecule has 0 bridgehead atoms. The summed E-state index contributed by atoms with van der Waals surface area (Å²) in [5, 5.41) is 0. The van der Waals surface area contributed by atoms with Crippen LogP contribution < -0.4 is 4.74 Å². The minimum absolute atomic E-state index is 0.0818. The van der Waals surface area contributed by atoms with Crippen molar-refractivity contribution < 1.29 is 23.7 Å². The largest absolute Gasteiger partial charge is 0.491 e. The molecule has 5 heteroatoms. The van der Waals surface area contributed by atoms with Crippen molar-refractivity contribution in [3.63, 3.8) is 0 Å². The Morgan fingerprint density at radius 3 is 2.03 bits per heavy atom. The highest BCUT2D eigenvalue weighted by molar-refractivity contribution is 6.00. The number of benzene rings is 2. The van der Waals surface area contributed by atoms with Gasteiger partial charge in [-0.05, 0) is 63.9 Å². The van der Waals surface area contributed by atoms with Gasteiger partial charge >= 0.3 is 0 Å². The van der Waals surface area contributed by atoms with Crippen molar-refractivity contribution in [3.8, 4) is 5.75 Å². The van der Waals surface area contributed by atoms with Gasteiger partial charge in [-0.25, -0.2) is 0 Å². The van der Waals surface area contributed by atoms with Gasteiger partial charge in [-0.15, -0.1) is 0 Å². The molecule has 2 atom stereocenters. The summed E-state index contributed by atoms with van der Waals surface area (Å²) in [6, 6.07) is 16.6. The third kappa shape index (κ3) is 6.39. The predicted molar refractivity (Wildman–Crippen MR) is 123 cm³/mol. The van der Waals surface area contributed by atoms with E-state index in [-0.39, 0.29) is 11.9 Å². The average molecular weight is 429 g/mol. The Labute approximate surface area is 186 Å². The average Bonchev–Trinajstić information content (AvgIpc) is 2.77. The smallest absolute Gasteiger partial charge is 0.196 e. The molecule has 0 N–H and O–H groups in total. The second-order valence-corrected chi connectivity index (χ2v) is 8.60. The van der Waals surface area contributed by atoms with Crippen LogP contribution in [0.5, 0.6) is 5.75 Å². The maximum atomic E-state index is 12.9. The predicted octanol–water partition coefficient (Wildman–Crippen LogP) is 5.63. The van der Waals surface area contributed by atoms with Crippen LogP contribution in [-0.4, -0.2) is 43.9 Å². The van der Waals surface area contributed by atoms with Gasteiger partial charge < -0.3 is 18.9 Å². The Morgan fingerprint density at radius 1 is 0.903 bits per heavy atom. The summed E-state index contributed by atoms with van der Waals surface area (Å²) in [6.45, 7) is 10.6. The zero-order valence-electron chi connectivity index (χ0n) is 19.8.